The Morgan fingerprint density at radius 1 is 1.12 bits per heavy atom. The first kappa shape index (κ1) is 22.0. The number of hydrogen-bond donors (Lipinski definition) is 1. The van der Waals surface area contributed by atoms with Crippen molar-refractivity contribution in [3.8, 4) is 11.4 Å². The van der Waals surface area contributed by atoms with E-state index in [2.05, 4.69) is 39.7 Å². The molecule has 0 bridgehead atoms. The predicted molar refractivity (Wildman–Crippen MR) is 124 cm³/mol. The van der Waals surface area contributed by atoms with Crippen molar-refractivity contribution in [1.82, 2.24) is 25.2 Å². The molecule has 2 atom stereocenters. The fourth-order valence-corrected chi connectivity index (χ4v) is 4.58. The maximum Gasteiger partial charge on any atom is 0.273 e. The summed E-state index contributed by atoms with van der Waals surface area (Å²) in [6.07, 6.45) is 2.18. The minimum Gasteiger partial charge on any atom is -0.497 e. The van der Waals surface area contributed by atoms with E-state index in [-0.39, 0.29) is 11.9 Å². The highest BCUT2D eigenvalue weighted by atomic mass is 16.5. The lowest BCUT2D eigenvalue weighted by molar-refractivity contribution is 0.0886. The summed E-state index contributed by atoms with van der Waals surface area (Å²) in [6, 6.07) is 16.5. The Hall–Kier alpha value is -3.19. The third-order valence-corrected chi connectivity index (χ3v) is 6.38. The number of ether oxygens (including phenoxy) is 1. The lowest BCUT2D eigenvalue weighted by atomic mass is 9.85. The van der Waals surface area contributed by atoms with Crippen LogP contribution in [0.2, 0.25) is 0 Å². The van der Waals surface area contributed by atoms with Crippen LogP contribution in [0.15, 0.2) is 48.5 Å². The largest absolute Gasteiger partial charge is 0.497 e. The average Bonchev–Trinajstić information content (AvgIpc) is 3.19. The molecular formula is C25H31N5O2. The minimum absolute atomic E-state index is 0.178. The van der Waals surface area contributed by atoms with Crippen LogP contribution in [-0.4, -0.2) is 53.0 Å². The lowest BCUT2D eigenvalue weighted by Gasteiger charge is -2.39. The van der Waals surface area contributed by atoms with Gasteiger partial charge in [0.15, 0.2) is 5.69 Å². The molecule has 168 valence electrons. The Morgan fingerprint density at radius 3 is 2.53 bits per heavy atom. The molecule has 0 radical (unpaired) electrons. The molecule has 1 amide bonds. The van der Waals surface area contributed by atoms with Gasteiger partial charge in [-0.3, -0.25) is 9.69 Å². The molecular weight excluding hydrogens is 402 g/mol. The number of aromatic nitrogens is 3. The molecule has 0 saturated carbocycles. The molecule has 7 heteroatoms. The third-order valence-electron chi connectivity index (χ3n) is 6.38. The molecule has 0 spiro atoms. The van der Waals surface area contributed by atoms with Crippen molar-refractivity contribution in [3.63, 3.8) is 0 Å². The van der Waals surface area contributed by atoms with E-state index in [1.54, 1.807) is 11.8 Å². The maximum atomic E-state index is 13.0. The van der Waals surface area contributed by atoms with E-state index in [4.69, 9.17) is 4.74 Å². The van der Waals surface area contributed by atoms with Gasteiger partial charge in [-0.1, -0.05) is 35.0 Å². The van der Waals surface area contributed by atoms with Crippen molar-refractivity contribution >= 4 is 5.91 Å². The van der Waals surface area contributed by atoms with Gasteiger partial charge in [-0.25, -0.2) is 4.68 Å². The van der Waals surface area contributed by atoms with Gasteiger partial charge in [0.1, 0.15) is 5.75 Å². The number of piperidine rings is 1. The van der Waals surface area contributed by atoms with Gasteiger partial charge in [-0.05, 0) is 76.0 Å². The van der Waals surface area contributed by atoms with Crippen molar-refractivity contribution in [2.45, 2.75) is 32.7 Å². The van der Waals surface area contributed by atoms with E-state index in [0.29, 0.717) is 18.2 Å². The summed E-state index contributed by atoms with van der Waals surface area (Å²) in [6.45, 7) is 5.56. The fraction of sp³-hybridized carbons (Fsp3) is 0.400. The maximum absolute atomic E-state index is 13.0. The summed E-state index contributed by atoms with van der Waals surface area (Å²) < 4.78 is 7.01. The first-order valence-corrected chi connectivity index (χ1v) is 11.1. The zero-order chi connectivity index (χ0) is 22.7. The number of amides is 1. The Labute approximate surface area is 189 Å². The van der Waals surface area contributed by atoms with E-state index in [0.717, 1.165) is 36.5 Å². The Bertz CT molecular complexity index is 1060. The van der Waals surface area contributed by atoms with Gasteiger partial charge >= 0.3 is 0 Å². The molecule has 3 aromatic rings. The molecule has 7 nitrogen and oxygen atoms in total. The topological polar surface area (TPSA) is 72.3 Å². The quantitative estimate of drug-likeness (QED) is 0.642. The number of benzene rings is 2. The van der Waals surface area contributed by atoms with Crippen molar-refractivity contribution in [2.24, 2.45) is 5.92 Å². The van der Waals surface area contributed by atoms with E-state index in [1.165, 1.54) is 11.1 Å². The molecule has 2 unspecified atom stereocenters. The number of methoxy groups -OCH3 is 1. The second kappa shape index (κ2) is 9.53. The third kappa shape index (κ3) is 4.53. The summed E-state index contributed by atoms with van der Waals surface area (Å²) in [5, 5.41) is 11.5. The standard InChI is InChI=1S/C25H31N5O2/c1-17-7-11-21(12-8-17)30-18(2)23(27-28-30)25(31)26-16-20-6-5-15-29(3)24(20)19-9-13-22(32-4)14-10-19/h7-14,20,24H,5-6,15-16H2,1-4H3,(H,26,31). The molecule has 2 heterocycles. The lowest BCUT2D eigenvalue weighted by Crippen LogP contribution is -2.42. The number of hydrogen-bond acceptors (Lipinski definition) is 5. The molecule has 1 aliphatic heterocycles. The van der Waals surface area contributed by atoms with Crippen LogP contribution in [0.25, 0.3) is 5.69 Å². The summed E-state index contributed by atoms with van der Waals surface area (Å²) in [5.41, 5.74) is 4.42. The van der Waals surface area contributed by atoms with E-state index in [1.807, 2.05) is 50.2 Å². The van der Waals surface area contributed by atoms with Crippen molar-refractivity contribution in [2.75, 3.05) is 27.2 Å². The zero-order valence-corrected chi connectivity index (χ0v) is 19.2. The van der Waals surface area contributed by atoms with Crippen LogP contribution in [0.3, 0.4) is 0 Å². The second-order valence-electron chi connectivity index (χ2n) is 8.58. The SMILES string of the molecule is COc1ccc(C2C(CNC(=O)c3nnn(-c4ccc(C)cc4)c3C)CCCN2C)cc1. The first-order chi connectivity index (χ1) is 15.5. The number of likely N-dealkylation sites (tertiary alicyclic amines) is 1. The number of rotatable bonds is 6. The number of carbonyl (C=O) groups is 1. The summed E-state index contributed by atoms with van der Waals surface area (Å²) in [5.74, 6) is 0.991. The van der Waals surface area contributed by atoms with E-state index >= 15 is 0 Å². The molecule has 0 aliphatic carbocycles. The Morgan fingerprint density at radius 2 is 1.84 bits per heavy atom. The van der Waals surface area contributed by atoms with Crippen LogP contribution in [0.5, 0.6) is 5.75 Å². The highest BCUT2D eigenvalue weighted by Crippen LogP contribution is 2.35. The second-order valence-corrected chi connectivity index (χ2v) is 8.58. The van der Waals surface area contributed by atoms with Gasteiger partial charge in [0.2, 0.25) is 0 Å². The predicted octanol–water partition coefficient (Wildman–Crippen LogP) is 3.71. The summed E-state index contributed by atoms with van der Waals surface area (Å²) in [4.78, 5) is 15.3. The molecule has 1 fully saturated rings. The number of carbonyl (C=O) groups excluding carboxylic acids is 1. The average molecular weight is 434 g/mol. The van der Waals surface area contributed by atoms with Crippen LogP contribution in [0.1, 0.15) is 46.2 Å². The van der Waals surface area contributed by atoms with Crippen molar-refractivity contribution in [3.05, 3.63) is 71.0 Å². The zero-order valence-electron chi connectivity index (χ0n) is 19.2. The van der Waals surface area contributed by atoms with Gasteiger partial charge in [0, 0.05) is 12.6 Å². The molecule has 2 aromatic carbocycles. The van der Waals surface area contributed by atoms with Crippen LogP contribution in [0, 0.1) is 19.8 Å². The summed E-state index contributed by atoms with van der Waals surface area (Å²) in [7, 11) is 3.83. The highest BCUT2D eigenvalue weighted by Gasteiger charge is 2.31. The number of aryl methyl sites for hydroxylation is 1. The Balaban J connectivity index is 1.47. The van der Waals surface area contributed by atoms with Crippen LogP contribution in [-0.2, 0) is 0 Å². The van der Waals surface area contributed by atoms with E-state index < -0.39 is 0 Å². The van der Waals surface area contributed by atoms with Gasteiger partial charge in [-0.2, -0.15) is 0 Å². The van der Waals surface area contributed by atoms with Gasteiger partial charge in [0.05, 0.1) is 18.5 Å². The molecule has 1 saturated heterocycles. The van der Waals surface area contributed by atoms with Gasteiger partial charge in [0.25, 0.3) is 5.91 Å². The van der Waals surface area contributed by atoms with Crippen molar-refractivity contribution in [1.29, 1.82) is 0 Å². The molecule has 1 aliphatic rings. The smallest absolute Gasteiger partial charge is 0.273 e. The number of nitrogens with one attached hydrogen (secondary N) is 1. The normalized spacial score (nSPS) is 19.0. The molecule has 1 aromatic heterocycles. The van der Waals surface area contributed by atoms with Gasteiger partial charge in [-0.15, -0.1) is 5.10 Å². The summed E-state index contributed by atoms with van der Waals surface area (Å²) >= 11 is 0. The molecule has 1 N–H and O–H groups in total. The minimum atomic E-state index is -0.178. The van der Waals surface area contributed by atoms with Gasteiger partial charge < -0.3 is 10.1 Å². The molecule has 32 heavy (non-hydrogen) atoms. The van der Waals surface area contributed by atoms with Crippen LogP contribution >= 0.6 is 0 Å². The monoisotopic (exact) mass is 433 g/mol. The van der Waals surface area contributed by atoms with Crippen molar-refractivity contribution < 1.29 is 9.53 Å². The Kier molecular flexibility index (Phi) is 6.55. The van der Waals surface area contributed by atoms with Crippen LogP contribution in [0.4, 0.5) is 0 Å². The van der Waals surface area contributed by atoms with Crippen LogP contribution < -0.4 is 10.1 Å². The highest BCUT2D eigenvalue weighted by molar-refractivity contribution is 5.93. The molecule has 4 rings (SSSR count). The van der Waals surface area contributed by atoms with E-state index in [9.17, 15) is 4.79 Å². The number of nitrogens with zero attached hydrogens (tertiary/aromatic N) is 4. The first-order valence-electron chi connectivity index (χ1n) is 11.1. The fourth-order valence-electron chi connectivity index (χ4n) is 4.58.